The van der Waals surface area contributed by atoms with Gasteiger partial charge in [-0.15, -0.1) is 0 Å². The molecule has 3 aromatic rings. The molecule has 0 radical (unpaired) electrons. The molecule has 0 aliphatic carbocycles. The molecule has 0 spiro atoms. The minimum Gasteiger partial charge on any atom is -0.248 e. The van der Waals surface area contributed by atoms with Crippen LogP contribution in [0, 0.1) is 6.92 Å². The van der Waals surface area contributed by atoms with Gasteiger partial charge in [-0.2, -0.15) is 0 Å². The Hall–Kier alpha value is -1.89. The van der Waals surface area contributed by atoms with Crippen molar-refractivity contribution in [3.05, 3.63) is 53.6 Å². The van der Waals surface area contributed by atoms with E-state index in [2.05, 4.69) is 50.2 Å². The molecule has 0 N–H and O–H groups in total. The topological polar surface area (TPSA) is 12.9 Å². The number of nitrogens with zero attached hydrogens (tertiary/aromatic N) is 1. The number of rotatable bonds is 2. The van der Waals surface area contributed by atoms with E-state index in [1.54, 1.807) is 0 Å². The van der Waals surface area contributed by atoms with Crippen LogP contribution in [0.2, 0.25) is 0 Å². The molecule has 0 bridgehead atoms. The summed E-state index contributed by atoms with van der Waals surface area (Å²) in [4.78, 5) is 4.76. The van der Waals surface area contributed by atoms with Crippen LogP contribution in [0.1, 0.15) is 24.5 Å². The molecule has 1 heteroatoms. The van der Waals surface area contributed by atoms with Gasteiger partial charge in [-0.25, -0.2) is 4.98 Å². The van der Waals surface area contributed by atoms with Gasteiger partial charge in [0, 0.05) is 10.8 Å². The second-order valence-electron chi connectivity index (χ2n) is 4.86. The number of aryl methyl sites for hydroxylation is 2. The molecule has 1 nitrogen and oxygen atoms in total. The van der Waals surface area contributed by atoms with E-state index in [0.29, 0.717) is 0 Å². The lowest BCUT2D eigenvalue weighted by Crippen LogP contribution is -1.93. The summed E-state index contributed by atoms with van der Waals surface area (Å²) in [5.41, 5.74) is 5.02. The fourth-order valence-electron chi connectivity index (χ4n) is 2.60. The van der Waals surface area contributed by atoms with Crippen LogP contribution in [0.15, 0.2) is 42.5 Å². The van der Waals surface area contributed by atoms with E-state index in [9.17, 15) is 0 Å². The summed E-state index contributed by atoms with van der Waals surface area (Å²) in [5, 5.41) is 2.54. The van der Waals surface area contributed by atoms with E-state index in [1.165, 1.54) is 28.3 Å². The second kappa shape index (κ2) is 4.41. The van der Waals surface area contributed by atoms with Crippen molar-refractivity contribution in [1.82, 2.24) is 4.98 Å². The van der Waals surface area contributed by atoms with E-state index in [-0.39, 0.29) is 0 Å². The molecule has 0 fully saturated rings. The van der Waals surface area contributed by atoms with Crippen LogP contribution in [0.4, 0.5) is 0 Å². The second-order valence-corrected chi connectivity index (χ2v) is 4.86. The molecule has 3 rings (SSSR count). The Morgan fingerprint density at radius 3 is 2.67 bits per heavy atom. The lowest BCUT2D eigenvalue weighted by molar-refractivity contribution is 0.921. The average Bonchev–Trinajstić information content (AvgIpc) is 2.40. The molecule has 90 valence electrons. The van der Waals surface area contributed by atoms with Gasteiger partial charge in [-0.05, 0) is 42.7 Å². The molecule has 0 saturated heterocycles. The van der Waals surface area contributed by atoms with Gasteiger partial charge < -0.3 is 0 Å². The lowest BCUT2D eigenvalue weighted by atomic mass is 9.98. The van der Waals surface area contributed by atoms with Crippen molar-refractivity contribution < 1.29 is 0 Å². The Labute approximate surface area is 107 Å². The van der Waals surface area contributed by atoms with Gasteiger partial charge in [0.15, 0.2) is 0 Å². The largest absolute Gasteiger partial charge is 0.248 e. The highest BCUT2D eigenvalue weighted by molar-refractivity contribution is 5.94. The number of hydrogen-bond donors (Lipinski definition) is 0. The first-order chi connectivity index (χ1) is 8.79. The van der Waals surface area contributed by atoms with E-state index in [1.807, 2.05) is 6.07 Å². The normalized spacial score (nSPS) is 11.2. The third-order valence-electron chi connectivity index (χ3n) is 3.55. The summed E-state index contributed by atoms with van der Waals surface area (Å²) < 4.78 is 0. The molecule has 1 heterocycles. The van der Waals surface area contributed by atoms with E-state index >= 15 is 0 Å². The zero-order valence-electron chi connectivity index (χ0n) is 10.9. The van der Waals surface area contributed by atoms with Crippen LogP contribution >= 0.6 is 0 Å². The van der Waals surface area contributed by atoms with Crippen LogP contribution in [0.5, 0.6) is 0 Å². The summed E-state index contributed by atoms with van der Waals surface area (Å²) in [5.74, 6) is 0. The van der Waals surface area contributed by atoms with Gasteiger partial charge in [0.1, 0.15) is 0 Å². The summed E-state index contributed by atoms with van der Waals surface area (Å²) >= 11 is 0. The monoisotopic (exact) mass is 235 g/mol. The molecule has 0 saturated carbocycles. The van der Waals surface area contributed by atoms with Gasteiger partial charge in [-0.3, -0.25) is 0 Å². The van der Waals surface area contributed by atoms with Crippen molar-refractivity contribution in [2.45, 2.75) is 26.7 Å². The predicted octanol–water partition coefficient (Wildman–Crippen LogP) is 4.65. The zero-order chi connectivity index (χ0) is 12.5. The number of aromatic nitrogens is 1. The quantitative estimate of drug-likeness (QED) is 0.589. The van der Waals surface area contributed by atoms with Gasteiger partial charge in [0.25, 0.3) is 0 Å². The van der Waals surface area contributed by atoms with Crippen LogP contribution in [0.3, 0.4) is 0 Å². The van der Waals surface area contributed by atoms with Crippen LogP contribution < -0.4 is 0 Å². The summed E-state index contributed by atoms with van der Waals surface area (Å²) in [6, 6.07) is 14.9. The summed E-state index contributed by atoms with van der Waals surface area (Å²) in [6.07, 6.45) is 2.30. The van der Waals surface area contributed by atoms with Gasteiger partial charge in [0.2, 0.25) is 0 Å². The molecular formula is C17H17N. The van der Waals surface area contributed by atoms with E-state index in [4.69, 9.17) is 4.98 Å². The molecule has 0 aliphatic rings. The van der Waals surface area contributed by atoms with Crippen molar-refractivity contribution >= 4 is 21.8 Å². The number of benzene rings is 2. The van der Waals surface area contributed by atoms with Crippen molar-refractivity contribution in [1.29, 1.82) is 0 Å². The summed E-state index contributed by atoms with van der Waals surface area (Å²) in [6.45, 7) is 4.42. The smallest absolute Gasteiger partial charge is 0.0712 e. The fraction of sp³-hybridized carbons (Fsp3) is 0.235. The Kier molecular flexibility index (Phi) is 2.75. The average molecular weight is 235 g/mol. The Morgan fingerprint density at radius 2 is 1.83 bits per heavy atom. The molecule has 1 aromatic heterocycles. The minimum atomic E-state index is 1.08. The van der Waals surface area contributed by atoms with Gasteiger partial charge >= 0.3 is 0 Å². The highest BCUT2D eigenvalue weighted by Crippen LogP contribution is 2.25. The van der Waals surface area contributed by atoms with Crippen molar-refractivity contribution in [3.63, 3.8) is 0 Å². The third kappa shape index (κ3) is 1.76. The highest BCUT2D eigenvalue weighted by Gasteiger charge is 2.06. The summed E-state index contributed by atoms with van der Waals surface area (Å²) in [7, 11) is 0. The van der Waals surface area contributed by atoms with Crippen LogP contribution in [-0.2, 0) is 6.42 Å². The standard InChI is InChI=1S/C17H17N/c1-3-6-14-12(2)9-10-17-15(14)11-13-7-4-5-8-16(13)18-17/h4-5,7-11H,3,6H2,1-2H3. The predicted molar refractivity (Wildman–Crippen MR) is 78.0 cm³/mol. The molecule has 0 aliphatic heterocycles. The molecule has 0 atom stereocenters. The highest BCUT2D eigenvalue weighted by atomic mass is 14.7. The van der Waals surface area contributed by atoms with Crippen LogP contribution in [0.25, 0.3) is 21.8 Å². The number of pyridine rings is 1. The maximum absolute atomic E-state index is 4.76. The van der Waals surface area contributed by atoms with Crippen molar-refractivity contribution in [2.24, 2.45) is 0 Å². The zero-order valence-corrected chi connectivity index (χ0v) is 10.9. The van der Waals surface area contributed by atoms with Gasteiger partial charge in [-0.1, -0.05) is 37.6 Å². The molecule has 18 heavy (non-hydrogen) atoms. The molecule has 0 amide bonds. The first kappa shape index (κ1) is 11.2. The first-order valence-corrected chi connectivity index (χ1v) is 6.57. The first-order valence-electron chi connectivity index (χ1n) is 6.57. The Bertz CT molecular complexity index is 713. The SMILES string of the molecule is CCCc1c(C)ccc2nc3ccccc3cc12. The Balaban J connectivity index is 2.39. The minimum absolute atomic E-state index is 1.08. The van der Waals surface area contributed by atoms with Crippen molar-refractivity contribution in [3.8, 4) is 0 Å². The number of hydrogen-bond acceptors (Lipinski definition) is 1. The van der Waals surface area contributed by atoms with Crippen molar-refractivity contribution in [2.75, 3.05) is 0 Å². The molecule has 2 aromatic carbocycles. The van der Waals surface area contributed by atoms with Gasteiger partial charge in [0.05, 0.1) is 11.0 Å². The van der Waals surface area contributed by atoms with E-state index in [0.717, 1.165) is 17.5 Å². The maximum Gasteiger partial charge on any atom is 0.0712 e. The number of para-hydroxylation sites is 1. The third-order valence-corrected chi connectivity index (χ3v) is 3.55. The van der Waals surface area contributed by atoms with Crippen LogP contribution in [-0.4, -0.2) is 4.98 Å². The maximum atomic E-state index is 4.76. The number of fused-ring (bicyclic) bond motifs is 2. The molecular weight excluding hydrogens is 218 g/mol. The lowest BCUT2D eigenvalue weighted by Gasteiger charge is -2.10. The fourth-order valence-corrected chi connectivity index (χ4v) is 2.60. The Morgan fingerprint density at radius 1 is 1.00 bits per heavy atom. The van der Waals surface area contributed by atoms with E-state index < -0.39 is 0 Å². The molecule has 0 unspecified atom stereocenters.